The summed E-state index contributed by atoms with van der Waals surface area (Å²) >= 11 is 3.17. The van der Waals surface area contributed by atoms with E-state index in [1.54, 1.807) is 18.2 Å². The Balaban J connectivity index is 2.86. The highest BCUT2D eigenvalue weighted by Gasteiger charge is 2.15. The van der Waals surface area contributed by atoms with Crippen LogP contribution in [0.2, 0.25) is 0 Å². The van der Waals surface area contributed by atoms with Crippen molar-refractivity contribution in [3.8, 4) is 5.75 Å². The summed E-state index contributed by atoms with van der Waals surface area (Å²) in [6.07, 6.45) is 3.82. The van der Waals surface area contributed by atoms with Gasteiger partial charge in [-0.15, -0.1) is 0 Å². The van der Waals surface area contributed by atoms with Gasteiger partial charge in [0.25, 0.3) is 0 Å². The number of carbonyl (C=O) groups excluding carboxylic acids is 1. The molecule has 80 valence electrons. The molecule has 1 aromatic carbocycles. The van der Waals surface area contributed by atoms with E-state index in [0.29, 0.717) is 4.47 Å². The number of rotatable bonds is 3. The smallest absolute Gasteiger partial charge is 0.347 e. The fourth-order valence-corrected chi connectivity index (χ4v) is 1.50. The van der Waals surface area contributed by atoms with Gasteiger partial charge in [-0.05, 0) is 40.6 Å². The Kier molecular flexibility index (Phi) is 4.37. The Morgan fingerprint density at radius 2 is 2.33 bits per heavy atom. The molecular formula is C11H11BrO3. The first kappa shape index (κ1) is 11.8. The largest absolute Gasteiger partial charge is 0.507 e. The third-order valence-corrected chi connectivity index (χ3v) is 2.36. The topological polar surface area (TPSA) is 46.5 Å². The van der Waals surface area contributed by atoms with E-state index in [4.69, 9.17) is 4.74 Å². The number of benzene rings is 1. The first-order valence-corrected chi connectivity index (χ1v) is 5.29. The summed E-state index contributed by atoms with van der Waals surface area (Å²) in [5.74, 6) is -0.677. The first-order chi connectivity index (χ1) is 7.16. The highest BCUT2D eigenvalue weighted by atomic mass is 79.9. The van der Waals surface area contributed by atoms with Gasteiger partial charge in [-0.3, -0.25) is 0 Å². The van der Waals surface area contributed by atoms with Crippen molar-refractivity contribution in [1.82, 2.24) is 0 Å². The zero-order chi connectivity index (χ0) is 11.3. The van der Waals surface area contributed by atoms with E-state index < -0.39 is 5.97 Å². The minimum absolute atomic E-state index is 0.0979. The van der Waals surface area contributed by atoms with Crippen molar-refractivity contribution in [2.24, 2.45) is 0 Å². The van der Waals surface area contributed by atoms with E-state index in [2.05, 4.69) is 15.9 Å². The van der Waals surface area contributed by atoms with Crippen molar-refractivity contribution >= 4 is 21.9 Å². The lowest BCUT2D eigenvalue weighted by atomic mass is 10.2. The third kappa shape index (κ3) is 3.09. The van der Waals surface area contributed by atoms with Gasteiger partial charge in [0.05, 0.1) is 6.26 Å². The number of aromatic hydroxyl groups is 1. The molecule has 0 aliphatic carbocycles. The monoisotopic (exact) mass is 270 g/mol. The number of hydrogen-bond acceptors (Lipinski definition) is 3. The summed E-state index contributed by atoms with van der Waals surface area (Å²) in [7, 11) is 0. The average Bonchev–Trinajstić information content (AvgIpc) is 2.18. The van der Waals surface area contributed by atoms with E-state index in [0.717, 1.165) is 6.42 Å². The number of carbonyl (C=O) groups is 1. The molecule has 0 unspecified atom stereocenters. The molecule has 0 radical (unpaired) electrons. The van der Waals surface area contributed by atoms with Gasteiger partial charge >= 0.3 is 5.97 Å². The molecule has 0 spiro atoms. The van der Waals surface area contributed by atoms with Gasteiger partial charge in [0, 0.05) is 4.47 Å². The third-order valence-electron chi connectivity index (χ3n) is 1.70. The van der Waals surface area contributed by atoms with Gasteiger partial charge in [-0.1, -0.05) is 13.0 Å². The van der Waals surface area contributed by atoms with Crippen LogP contribution in [0.3, 0.4) is 0 Å². The number of phenols is 1. The van der Waals surface area contributed by atoms with Crippen molar-refractivity contribution in [2.75, 3.05) is 0 Å². The van der Waals surface area contributed by atoms with Gasteiger partial charge in [-0.2, -0.15) is 0 Å². The van der Waals surface area contributed by atoms with Gasteiger partial charge in [0.2, 0.25) is 0 Å². The average molecular weight is 271 g/mol. The number of halogens is 1. The lowest BCUT2D eigenvalue weighted by Gasteiger charge is -2.04. The van der Waals surface area contributed by atoms with Crippen LogP contribution < -0.4 is 0 Å². The maximum absolute atomic E-state index is 11.5. The predicted molar refractivity (Wildman–Crippen MR) is 60.7 cm³/mol. The molecule has 3 nitrogen and oxygen atoms in total. The maximum Gasteiger partial charge on any atom is 0.347 e. The van der Waals surface area contributed by atoms with Gasteiger partial charge in [0.15, 0.2) is 0 Å². The van der Waals surface area contributed by atoms with Gasteiger partial charge < -0.3 is 9.84 Å². The summed E-state index contributed by atoms with van der Waals surface area (Å²) < 4.78 is 5.33. The standard InChI is InChI=1S/C11H11BrO3/c1-2-3-7-15-11(14)10-8(12)5-4-6-9(10)13/h3-7,13H,2H2,1H3/b7-3-. The predicted octanol–water partition coefficient (Wildman–Crippen LogP) is 3.24. The molecular weight excluding hydrogens is 260 g/mol. The Bertz CT molecular complexity index is 365. The summed E-state index contributed by atoms with van der Waals surface area (Å²) in [6.45, 7) is 1.93. The second-order valence-electron chi connectivity index (χ2n) is 2.82. The van der Waals surface area contributed by atoms with Crippen LogP contribution in [0, 0.1) is 0 Å². The van der Waals surface area contributed by atoms with E-state index in [9.17, 15) is 9.90 Å². The molecule has 4 heteroatoms. The molecule has 0 aliphatic rings. The van der Waals surface area contributed by atoms with E-state index in [1.165, 1.54) is 12.3 Å². The van der Waals surface area contributed by atoms with Crippen LogP contribution in [0.1, 0.15) is 23.7 Å². The van der Waals surface area contributed by atoms with Crippen molar-refractivity contribution in [1.29, 1.82) is 0 Å². The second-order valence-corrected chi connectivity index (χ2v) is 3.67. The molecule has 0 atom stereocenters. The molecule has 0 amide bonds. The Morgan fingerprint density at radius 3 is 2.93 bits per heavy atom. The Labute approximate surface area is 96.5 Å². The number of phenolic OH excluding ortho intramolecular Hbond substituents is 1. The second kappa shape index (κ2) is 5.56. The summed E-state index contributed by atoms with van der Waals surface area (Å²) in [5.41, 5.74) is 0.137. The van der Waals surface area contributed by atoms with E-state index >= 15 is 0 Å². The van der Waals surface area contributed by atoms with Crippen LogP contribution in [0.25, 0.3) is 0 Å². The first-order valence-electron chi connectivity index (χ1n) is 4.50. The molecule has 0 aromatic heterocycles. The minimum atomic E-state index is -0.579. The zero-order valence-corrected chi connectivity index (χ0v) is 9.82. The zero-order valence-electron chi connectivity index (χ0n) is 8.24. The van der Waals surface area contributed by atoms with E-state index in [1.807, 2.05) is 6.92 Å². The number of esters is 1. The van der Waals surface area contributed by atoms with Gasteiger partial charge in [0.1, 0.15) is 11.3 Å². The SMILES string of the molecule is CC/C=C\OC(=O)c1c(O)cccc1Br. The molecule has 15 heavy (non-hydrogen) atoms. The fraction of sp³-hybridized carbons (Fsp3) is 0.182. The highest BCUT2D eigenvalue weighted by molar-refractivity contribution is 9.10. The molecule has 1 rings (SSSR count). The lowest BCUT2D eigenvalue weighted by molar-refractivity contribution is 0.0658. The van der Waals surface area contributed by atoms with Crippen LogP contribution in [-0.2, 0) is 4.74 Å². The minimum Gasteiger partial charge on any atom is -0.507 e. The number of hydrogen-bond donors (Lipinski definition) is 1. The molecule has 0 fully saturated rings. The summed E-state index contributed by atoms with van der Waals surface area (Å²) in [4.78, 5) is 11.5. The van der Waals surface area contributed by atoms with Crippen molar-refractivity contribution < 1.29 is 14.6 Å². The number of allylic oxidation sites excluding steroid dienone is 1. The quantitative estimate of drug-likeness (QED) is 0.678. The molecule has 0 saturated carbocycles. The van der Waals surface area contributed by atoms with Crippen LogP contribution in [0.4, 0.5) is 0 Å². The number of ether oxygens (including phenoxy) is 1. The van der Waals surface area contributed by atoms with Crippen molar-refractivity contribution in [2.45, 2.75) is 13.3 Å². The van der Waals surface area contributed by atoms with E-state index in [-0.39, 0.29) is 11.3 Å². The van der Waals surface area contributed by atoms with Crippen molar-refractivity contribution in [3.05, 3.63) is 40.6 Å². The van der Waals surface area contributed by atoms with Crippen LogP contribution >= 0.6 is 15.9 Å². The molecule has 0 saturated heterocycles. The lowest BCUT2D eigenvalue weighted by Crippen LogP contribution is -2.02. The molecule has 0 bridgehead atoms. The Hall–Kier alpha value is -1.29. The van der Waals surface area contributed by atoms with Crippen molar-refractivity contribution in [3.63, 3.8) is 0 Å². The fourth-order valence-electron chi connectivity index (χ4n) is 0.980. The van der Waals surface area contributed by atoms with Gasteiger partial charge in [-0.25, -0.2) is 4.79 Å². The summed E-state index contributed by atoms with van der Waals surface area (Å²) in [5, 5.41) is 9.46. The van der Waals surface area contributed by atoms with Crippen LogP contribution in [-0.4, -0.2) is 11.1 Å². The normalized spacial score (nSPS) is 10.5. The summed E-state index contributed by atoms with van der Waals surface area (Å²) in [6, 6.07) is 4.74. The molecule has 1 N–H and O–H groups in total. The Morgan fingerprint density at radius 1 is 1.60 bits per heavy atom. The maximum atomic E-state index is 11.5. The van der Waals surface area contributed by atoms with Crippen LogP contribution in [0.15, 0.2) is 35.0 Å². The highest BCUT2D eigenvalue weighted by Crippen LogP contribution is 2.26. The van der Waals surface area contributed by atoms with Crippen LogP contribution in [0.5, 0.6) is 5.75 Å². The molecule has 1 aromatic rings. The molecule has 0 heterocycles. The molecule has 0 aliphatic heterocycles.